The summed E-state index contributed by atoms with van der Waals surface area (Å²) in [6.45, 7) is 0. The topological polar surface area (TPSA) is 111 Å². The first kappa shape index (κ1) is 16.6. The second-order valence-corrected chi connectivity index (χ2v) is 8.42. The smallest absolute Gasteiger partial charge is 0.360 e. The van der Waals surface area contributed by atoms with Crippen LogP contribution in [0.2, 0.25) is 4.34 Å². The van der Waals surface area contributed by atoms with Gasteiger partial charge in [0, 0.05) is 13.1 Å². The third kappa shape index (κ3) is 2.48. The average molecular weight is 389 g/mol. The standard InChI is InChI=1S/C13H10ClN3O5S2/c1-16-10(13(19)15-9-4-2-3-5-17(9)20)11(18)12-7(24(16,21)22)6-8(14)23-12/h2-6,20H,1H3,(H,18,19)/p+1. The number of aromatic nitrogens is 1. The van der Waals surface area contributed by atoms with Crippen molar-refractivity contribution in [3.63, 3.8) is 0 Å². The normalized spacial score (nSPS) is 16.0. The molecule has 0 saturated heterocycles. The molecule has 0 aromatic carbocycles. The number of hydrogen-bond acceptors (Lipinski definition) is 6. The third-order valence-electron chi connectivity index (χ3n) is 3.36. The van der Waals surface area contributed by atoms with Crippen molar-refractivity contribution in [2.45, 2.75) is 4.90 Å². The number of rotatable bonds is 2. The Bertz CT molecular complexity index is 983. The number of likely N-dealkylation sites (N-methyl/N-ethyl adjacent to an activating group) is 1. The van der Waals surface area contributed by atoms with Crippen LogP contribution in [-0.4, -0.2) is 36.0 Å². The lowest BCUT2D eigenvalue weighted by Gasteiger charge is -2.25. The van der Waals surface area contributed by atoms with Crippen LogP contribution >= 0.6 is 22.9 Å². The van der Waals surface area contributed by atoms with E-state index in [4.69, 9.17) is 11.6 Å². The number of nitrogens with zero attached hydrogens (tertiary/aromatic N) is 2. The summed E-state index contributed by atoms with van der Waals surface area (Å²) >= 11 is 6.68. The fourth-order valence-corrected chi connectivity index (χ4v) is 5.13. The number of nitrogens with one attached hydrogen (secondary N) is 1. The van der Waals surface area contributed by atoms with Gasteiger partial charge in [-0.2, -0.15) is 0 Å². The molecule has 3 rings (SSSR count). The van der Waals surface area contributed by atoms with E-state index in [1.165, 1.54) is 24.4 Å². The lowest BCUT2D eigenvalue weighted by Crippen LogP contribution is -2.40. The van der Waals surface area contributed by atoms with Crippen LogP contribution in [-0.2, 0) is 14.8 Å². The molecule has 0 spiro atoms. The van der Waals surface area contributed by atoms with Crippen LogP contribution in [0, 0.1) is 0 Å². The maximum absolute atomic E-state index is 12.5. The van der Waals surface area contributed by atoms with E-state index in [2.05, 4.69) is 5.32 Å². The Hall–Kier alpha value is -2.30. The lowest BCUT2D eigenvalue weighted by atomic mass is 10.3. The summed E-state index contributed by atoms with van der Waals surface area (Å²) in [7, 11) is -2.87. The lowest BCUT2D eigenvalue weighted by molar-refractivity contribution is -0.893. The van der Waals surface area contributed by atoms with Gasteiger partial charge in [-0.1, -0.05) is 22.4 Å². The molecule has 1 aliphatic heterocycles. The number of amides is 1. The fraction of sp³-hybridized carbons (Fsp3) is 0.0769. The number of aliphatic hydroxyl groups is 1. The zero-order chi connectivity index (χ0) is 17.6. The van der Waals surface area contributed by atoms with Crippen molar-refractivity contribution in [1.82, 2.24) is 4.31 Å². The van der Waals surface area contributed by atoms with E-state index < -0.39 is 27.4 Å². The molecule has 126 valence electrons. The Kier molecular flexibility index (Phi) is 3.90. The van der Waals surface area contributed by atoms with E-state index >= 15 is 0 Å². The monoisotopic (exact) mass is 388 g/mol. The van der Waals surface area contributed by atoms with E-state index in [1.54, 1.807) is 6.07 Å². The highest BCUT2D eigenvalue weighted by atomic mass is 35.5. The summed E-state index contributed by atoms with van der Waals surface area (Å²) in [6, 6.07) is 5.72. The number of fused-ring (bicyclic) bond motifs is 1. The molecular weight excluding hydrogens is 378 g/mol. The molecule has 2 aromatic heterocycles. The van der Waals surface area contributed by atoms with Crippen molar-refractivity contribution in [3.8, 4) is 0 Å². The van der Waals surface area contributed by atoms with Crippen LogP contribution in [0.5, 0.6) is 0 Å². The molecule has 0 radical (unpaired) electrons. The Morgan fingerprint density at radius 3 is 2.79 bits per heavy atom. The first-order chi connectivity index (χ1) is 11.2. The Balaban J connectivity index is 2.09. The third-order valence-corrected chi connectivity index (χ3v) is 6.54. The van der Waals surface area contributed by atoms with Gasteiger partial charge in [-0.3, -0.25) is 4.31 Å². The van der Waals surface area contributed by atoms with Gasteiger partial charge in [-0.15, -0.1) is 11.3 Å². The number of halogens is 1. The van der Waals surface area contributed by atoms with E-state index in [1.807, 2.05) is 0 Å². The van der Waals surface area contributed by atoms with E-state index in [9.17, 15) is 23.5 Å². The van der Waals surface area contributed by atoms with Crippen molar-refractivity contribution < 1.29 is 28.3 Å². The summed E-state index contributed by atoms with van der Waals surface area (Å²) in [5.74, 6) is -1.40. The number of hydrogen-bond donors (Lipinski definition) is 3. The molecule has 11 heteroatoms. The highest BCUT2D eigenvalue weighted by Crippen LogP contribution is 2.41. The number of carbonyl (C=O) groups excluding carboxylic acids is 1. The van der Waals surface area contributed by atoms with Crippen molar-refractivity contribution in [2.75, 3.05) is 12.4 Å². The summed E-state index contributed by atoms with van der Waals surface area (Å²) in [6.07, 6.45) is 1.28. The van der Waals surface area contributed by atoms with Crippen molar-refractivity contribution >= 4 is 50.4 Å². The van der Waals surface area contributed by atoms with E-state index in [0.29, 0.717) is 9.04 Å². The van der Waals surface area contributed by atoms with Crippen LogP contribution in [0.15, 0.2) is 41.1 Å². The summed E-state index contributed by atoms with van der Waals surface area (Å²) in [4.78, 5) is 12.3. The predicted molar refractivity (Wildman–Crippen MR) is 86.3 cm³/mol. The minimum absolute atomic E-state index is 0.00334. The van der Waals surface area contributed by atoms with Gasteiger partial charge in [-0.25, -0.2) is 18.5 Å². The summed E-state index contributed by atoms with van der Waals surface area (Å²) < 4.78 is 26.5. The van der Waals surface area contributed by atoms with Crippen LogP contribution in [0.25, 0.3) is 5.76 Å². The van der Waals surface area contributed by atoms with Gasteiger partial charge in [0.25, 0.3) is 10.0 Å². The maximum atomic E-state index is 12.5. The van der Waals surface area contributed by atoms with Crippen molar-refractivity contribution in [3.05, 3.63) is 45.4 Å². The van der Waals surface area contributed by atoms with E-state index in [0.717, 1.165) is 18.4 Å². The molecule has 3 heterocycles. The number of sulfonamides is 1. The molecule has 1 aliphatic rings. The molecule has 0 unspecified atom stereocenters. The summed E-state index contributed by atoms with van der Waals surface area (Å²) in [5.41, 5.74) is -0.468. The van der Waals surface area contributed by atoms with Crippen LogP contribution in [0.1, 0.15) is 4.88 Å². The second-order valence-electron chi connectivity index (χ2n) is 4.80. The van der Waals surface area contributed by atoms with Crippen LogP contribution in [0.4, 0.5) is 5.82 Å². The molecule has 0 bridgehead atoms. The minimum atomic E-state index is -4.02. The average Bonchev–Trinajstić information content (AvgIpc) is 2.91. The van der Waals surface area contributed by atoms with Gasteiger partial charge in [0.1, 0.15) is 11.1 Å². The van der Waals surface area contributed by atoms with Crippen molar-refractivity contribution in [2.24, 2.45) is 0 Å². The first-order valence-corrected chi connectivity index (χ1v) is 9.10. The number of aliphatic hydroxyl groups excluding tert-OH is 1. The van der Waals surface area contributed by atoms with Gasteiger partial charge in [-0.05, 0) is 12.1 Å². The van der Waals surface area contributed by atoms with Crippen LogP contribution in [0.3, 0.4) is 0 Å². The van der Waals surface area contributed by atoms with Gasteiger partial charge in [0.05, 0.1) is 9.21 Å². The molecular formula is C13H11ClN3O5S2+. The molecule has 8 nitrogen and oxygen atoms in total. The zero-order valence-corrected chi connectivity index (χ0v) is 14.5. The fourth-order valence-electron chi connectivity index (χ4n) is 2.19. The number of pyridine rings is 1. The molecule has 2 aromatic rings. The molecule has 0 saturated carbocycles. The Labute approximate surface area is 145 Å². The van der Waals surface area contributed by atoms with Gasteiger partial charge < -0.3 is 10.3 Å². The van der Waals surface area contributed by atoms with Crippen molar-refractivity contribution in [1.29, 1.82) is 0 Å². The minimum Gasteiger partial charge on any atom is -0.504 e. The van der Waals surface area contributed by atoms with E-state index in [-0.39, 0.29) is 19.9 Å². The predicted octanol–water partition coefficient (Wildman–Crippen LogP) is 1.43. The molecule has 0 atom stereocenters. The number of thiophene rings is 1. The first-order valence-electron chi connectivity index (χ1n) is 6.46. The number of carbonyl (C=O) groups is 1. The molecule has 0 fully saturated rings. The van der Waals surface area contributed by atoms with Gasteiger partial charge in [0.2, 0.25) is 0 Å². The molecule has 24 heavy (non-hydrogen) atoms. The molecule has 1 amide bonds. The highest BCUT2D eigenvalue weighted by molar-refractivity contribution is 7.89. The van der Waals surface area contributed by atoms with Gasteiger partial charge in [0.15, 0.2) is 11.5 Å². The summed E-state index contributed by atoms with van der Waals surface area (Å²) in [5, 5.41) is 22.3. The van der Waals surface area contributed by atoms with Gasteiger partial charge >= 0.3 is 11.7 Å². The molecule has 3 N–H and O–H groups in total. The highest BCUT2D eigenvalue weighted by Gasteiger charge is 2.41. The Morgan fingerprint density at radius 1 is 1.42 bits per heavy atom. The largest absolute Gasteiger partial charge is 0.504 e. The van der Waals surface area contributed by atoms with Crippen LogP contribution < -0.4 is 10.0 Å². The zero-order valence-electron chi connectivity index (χ0n) is 12.1. The maximum Gasteiger partial charge on any atom is 0.360 e. The number of anilines is 1. The second kappa shape index (κ2) is 5.65. The molecule has 0 aliphatic carbocycles. The SMILES string of the molecule is CN1C(C(=O)Nc2cccc[n+]2O)=C(O)c2sc(Cl)cc2S1(=O)=O. The quantitative estimate of drug-likeness (QED) is 0.532. The Morgan fingerprint density at radius 2 is 2.12 bits per heavy atom.